The monoisotopic (exact) mass is 621 g/mol. The maximum absolute atomic E-state index is 13.5. The first-order valence-corrected chi connectivity index (χ1v) is 15.4. The summed E-state index contributed by atoms with van der Waals surface area (Å²) in [5, 5.41) is 5.53. The summed E-state index contributed by atoms with van der Waals surface area (Å²) in [5.74, 6) is -0.279. The van der Waals surface area contributed by atoms with Gasteiger partial charge in [0.1, 0.15) is 11.1 Å². The number of fused-ring (bicyclic) bond motifs is 2. The number of hydrogen-bond acceptors (Lipinski definition) is 7. The molecule has 0 radical (unpaired) electrons. The van der Waals surface area contributed by atoms with Gasteiger partial charge in [0.25, 0.3) is 0 Å². The number of nitrogens with zero attached hydrogens (tertiary/aromatic N) is 3. The molecule has 2 amide bonds. The third kappa shape index (κ3) is 9.02. The van der Waals surface area contributed by atoms with Crippen LogP contribution in [0.1, 0.15) is 46.6 Å². The number of hydrogen-bond donors (Lipinski definition) is 2. The summed E-state index contributed by atoms with van der Waals surface area (Å²) in [7, 11) is 0. The number of para-hydroxylation sites is 1. The van der Waals surface area contributed by atoms with Crippen molar-refractivity contribution in [3.63, 3.8) is 0 Å². The van der Waals surface area contributed by atoms with Gasteiger partial charge < -0.3 is 25.2 Å². The number of amides is 2. The van der Waals surface area contributed by atoms with Gasteiger partial charge in [-0.25, -0.2) is 4.79 Å². The van der Waals surface area contributed by atoms with E-state index in [0.29, 0.717) is 25.3 Å². The second-order valence-electron chi connectivity index (χ2n) is 12.4. The van der Waals surface area contributed by atoms with E-state index in [-0.39, 0.29) is 5.91 Å². The number of piperazine rings is 1. The molecule has 0 unspecified atom stereocenters. The number of anilines is 2. The number of nitrogens with one attached hydrogen (secondary N) is 2. The summed E-state index contributed by atoms with van der Waals surface area (Å²) in [6.45, 7) is 14.7. The van der Waals surface area contributed by atoms with Crippen molar-refractivity contribution < 1.29 is 27.5 Å². The molecule has 2 aromatic carbocycles. The Morgan fingerprint density at radius 3 is 2.14 bits per heavy atom. The van der Waals surface area contributed by atoms with Gasteiger partial charge in [0, 0.05) is 55.6 Å². The molecule has 1 fully saturated rings. The number of benzene rings is 2. The van der Waals surface area contributed by atoms with Crippen molar-refractivity contribution in [3.05, 3.63) is 48.0 Å². The second-order valence-corrected chi connectivity index (χ2v) is 13.5. The molecule has 1 saturated heterocycles. The SMILES string of the molecule is CC(C)(C)OC(=O)NC(C)(C)C(=O)NCCN1CCN(CCCN2c3ccccc3Sc3ccc(C(F)(F)F)cc32)CC1. The van der Waals surface area contributed by atoms with Crippen LogP contribution in [0.25, 0.3) is 0 Å². The van der Waals surface area contributed by atoms with Crippen LogP contribution < -0.4 is 15.5 Å². The predicted octanol–water partition coefficient (Wildman–Crippen LogP) is 5.74. The average molecular weight is 622 g/mol. The van der Waals surface area contributed by atoms with Crippen LogP contribution in [-0.2, 0) is 15.7 Å². The molecule has 2 heterocycles. The third-order valence-corrected chi connectivity index (χ3v) is 8.50. The Labute approximate surface area is 256 Å². The Morgan fingerprint density at radius 1 is 0.860 bits per heavy atom. The number of rotatable bonds is 9. The molecule has 236 valence electrons. The number of carbonyl (C=O) groups is 2. The number of halogens is 3. The van der Waals surface area contributed by atoms with Gasteiger partial charge in [0.05, 0.1) is 16.9 Å². The lowest BCUT2D eigenvalue weighted by molar-refractivity contribution is -0.137. The van der Waals surface area contributed by atoms with Crippen molar-refractivity contribution in [2.24, 2.45) is 0 Å². The molecular weight excluding hydrogens is 579 g/mol. The number of carbonyl (C=O) groups excluding carboxylic acids is 2. The molecule has 0 aromatic heterocycles. The Hall–Kier alpha value is -2.96. The van der Waals surface area contributed by atoms with Crippen molar-refractivity contribution in [1.29, 1.82) is 0 Å². The van der Waals surface area contributed by atoms with Crippen LogP contribution in [0.15, 0.2) is 52.3 Å². The highest BCUT2D eigenvalue weighted by molar-refractivity contribution is 7.99. The number of alkyl carbamates (subject to hydrolysis) is 1. The summed E-state index contributed by atoms with van der Waals surface area (Å²) in [6.07, 6.45) is -4.22. The highest BCUT2D eigenvalue weighted by Crippen LogP contribution is 2.49. The van der Waals surface area contributed by atoms with Gasteiger partial charge in [-0.1, -0.05) is 23.9 Å². The van der Waals surface area contributed by atoms with Crippen LogP contribution in [-0.4, -0.2) is 85.3 Å². The maximum atomic E-state index is 13.5. The molecule has 2 aliphatic rings. The molecule has 43 heavy (non-hydrogen) atoms. The quantitative estimate of drug-likeness (QED) is 0.370. The zero-order chi connectivity index (χ0) is 31.4. The van der Waals surface area contributed by atoms with Crippen LogP contribution >= 0.6 is 11.8 Å². The Bertz CT molecular complexity index is 1290. The molecule has 2 N–H and O–H groups in total. The van der Waals surface area contributed by atoms with Crippen LogP contribution in [0.4, 0.5) is 29.3 Å². The first kappa shape index (κ1) is 32.9. The van der Waals surface area contributed by atoms with Crippen molar-refractivity contribution in [3.8, 4) is 0 Å². The Kier molecular flexibility index (Phi) is 10.2. The minimum absolute atomic E-state index is 0.279. The van der Waals surface area contributed by atoms with Crippen molar-refractivity contribution in [2.75, 3.05) is 57.3 Å². The third-order valence-electron chi connectivity index (χ3n) is 7.37. The first-order chi connectivity index (χ1) is 20.1. The van der Waals surface area contributed by atoms with E-state index in [1.165, 1.54) is 17.8 Å². The molecule has 0 bridgehead atoms. The van der Waals surface area contributed by atoms with E-state index in [0.717, 1.165) is 60.7 Å². The summed E-state index contributed by atoms with van der Waals surface area (Å²) in [6, 6.07) is 11.9. The highest BCUT2D eigenvalue weighted by atomic mass is 32.2. The molecule has 2 aliphatic heterocycles. The molecule has 0 saturated carbocycles. The first-order valence-electron chi connectivity index (χ1n) is 14.6. The topological polar surface area (TPSA) is 77.1 Å². The molecule has 0 atom stereocenters. The molecule has 8 nitrogen and oxygen atoms in total. The van der Waals surface area contributed by atoms with Crippen molar-refractivity contribution in [1.82, 2.24) is 20.4 Å². The lowest BCUT2D eigenvalue weighted by Gasteiger charge is -2.36. The summed E-state index contributed by atoms with van der Waals surface area (Å²) in [5.41, 5.74) is -0.844. The van der Waals surface area contributed by atoms with Crippen LogP contribution in [0.2, 0.25) is 0 Å². The van der Waals surface area contributed by atoms with Gasteiger partial charge in [0.15, 0.2) is 0 Å². The van der Waals surface area contributed by atoms with E-state index in [9.17, 15) is 22.8 Å². The van der Waals surface area contributed by atoms with Crippen LogP contribution in [0.5, 0.6) is 0 Å². The van der Waals surface area contributed by atoms with Crippen molar-refractivity contribution >= 4 is 35.1 Å². The summed E-state index contributed by atoms with van der Waals surface area (Å²) >= 11 is 1.51. The van der Waals surface area contributed by atoms with Crippen molar-refractivity contribution in [2.45, 2.75) is 68.1 Å². The lowest BCUT2D eigenvalue weighted by atomic mass is 10.1. The number of alkyl halides is 3. The van der Waals surface area contributed by atoms with E-state index in [1.54, 1.807) is 40.7 Å². The molecular formula is C31H42F3N5O3S. The standard InChI is InChI=1S/C31H42F3N5O3S/c1-29(2,3)42-28(41)36-30(4,5)27(40)35-13-16-38-19-17-37(18-20-38)14-8-15-39-23-9-6-7-10-25(23)43-26-12-11-22(21-24(26)39)31(32,33)34/h6-7,9-12,21H,8,13-20H2,1-5H3,(H,35,40)(H,36,41). The normalized spacial score (nSPS) is 16.3. The van der Waals surface area contributed by atoms with Gasteiger partial charge in [-0.15, -0.1) is 0 Å². The zero-order valence-electron chi connectivity index (χ0n) is 25.5. The molecule has 4 rings (SSSR count). The van der Waals surface area contributed by atoms with Gasteiger partial charge in [-0.05, 0) is 77.9 Å². The largest absolute Gasteiger partial charge is 0.444 e. The van der Waals surface area contributed by atoms with E-state index >= 15 is 0 Å². The van der Waals surface area contributed by atoms with Gasteiger partial charge in [-0.2, -0.15) is 13.2 Å². The van der Waals surface area contributed by atoms with Gasteiger partial charge >= 0.3 is 12.3 Å². The molecule has 0 spiro atoms. The Balaban J connectivity index is 1.22. The van der Waals surface area contributed by atoms with E-state index in [2.05, 4.69) is 20.4 Å². The summed E-state index contributed by atoms with van der Waals surface area (Å²) in [4.78, 5) is 33.3. The maximum Gasteiger partial charge on any atom is 0.416 e. The highest BCUT2D eigenvalue weighted by Gasteiger charge is 2.34. The predicted molar refractivity (Wildman–Crippen MR) is 163 cm³/mol. The molecule has 0 aliphatic carbocycles. The fourth-order valence-electron chi connectivity index (χ4n) is 5.10. The lowest BCUT2D eigenvalue weighted by Crippen LogP contribution is -2.56. The minimum Gasteiger partial charge on any atom is -0.444 e. The minimum atomic E-state index is -4.39. The summed E-state index contributed by atoms with van der Waals surface area (Å²) < 4.78 is 45.7. The van der Waals surface area contributed by atoms with E-state index < -0.39 is 29.0 Å². The average Bonchev–Trinajstić information content (AvgIpc) is 2.91. The van der Waals surface area contributed by atoms with Gasteiger partial charge in [0.2, 0.25) is 5.91 Å². The van der Waals surface area contributed by atoms with Gasteiger partial charge in [-0.3, -0.25) is 9.69 Å². The second kappa shape index (κ2) is 13.4. The fraction of sp³-hybridized carbons (Fsp3) is 0.548. The fourth-order valence-corrected chi connectivity index (χ4v) is 6.18. The Morgan fingerprint density at radius 2 is 1.49 bits per heavy atom. The van der Waals surface area contributed by atoms with E-state index in [1.807, 2.05) is 29.2 Å². The number of ether oxygens (including phenoxy) is 1. The zero-order valence-corrected chi connectivity index (χ0v) is 26.3. The van der Waals surface area contributed by atoms with Crippen LogP contribution in [0.3, 0.4) is 0 Å². The smallest absolute Gasteiger partial charge is 0.416 e. The van der Waals surface area contributed by atoms with E-state index in [4.69, 9.17) is 4.74 Å². The molecule has 12 heteroatoms. The molecule has 2 aromatic rings. The van der Waals surface area contributed by atoms with Crippen LogP contribution in [0, 0.1) is 0 Å².